The standard InChI is InChI=1S/C62H52N3O.Pt/c1-39-24-26-44(27-25-39)46-30-31-63-55(38-46)50-36-48(43-16-10-8-11-17-43)35-49(37-50)52-21-15-23-57-59(52)64-61(53-33-40(2)32-42(4)60(53)66)65(57)56-29-28-47(34-41(56)3)58-51(45-18-12-9-13-19-45)20-14-22-54(58)62(5,6)7;/h8-36,38,66H,1-7H3;/q-1;/i1D3,3D3;. The fourth-order valence-corrected chi connectivity index (χ4v) is 9.18. The maximum Gasteiger partial charge on any atom is 0.148 e. The molecular formula is C62H52N3OPt-. The maximum absolute atomic E-state index is 11.9. The molecule has 0 radical (unpaired) electrons. The smallest absolute Gasteiger partial charge is 0.148 e. The van der Waals surface area contributed by atoms with Crippen LogP contribution in [-0.4, -0.2) is 19.6 Å². The van der Waals surface area contributed by atoms with Crippen molar-refractivity contribution < 1.29 is 34.4 Å². The SMILES string of the molecule is [2H]C([2H])([2H])c1ccc(-c2ccnc(-c3[c-]c(-c4cccc5c4nc(-c4cc(C)cc(C)c4O)n5-c4ccc(-c5c(-c6ccccc6)cccc5C(C)(C)C)cc4C([2H])([2H])[2H])cc(-c4ccccc4)c3)c2)cc1.[Pt]. The van der Waals surface area contributed by atoms with Crippen molar-refractivity contribution >= 4 is 11.0 Å². The molecule has 332 valence electrons. The number of aromatic hydroxyl groups is 1. The van der Waals surface area contributed by atoms with E-state index in [2.05, 4.69) is 81.4 Å². The van der Waals surface area contributed by atoms with Crippen LogP contribution < -0.4 is 0 Å². The Labute approximate surface area is 417 Å². The van der Waals surface area contributed by atoms with Crippen LogP contribution in [0.1, 0.15) is 56.8 Å². The summed E-state index contributed by atoms with van der Waals surface area (Å²) in [6.45, 7) is 5.55. The van der Waals surface area contributed by atoms with Gasteiger partial charge < -0.3 is 5.11 Å². The number of aromatic nitrogens is 3. The number of imidazole rings is 1. The molecule has 0 aliphatic carbocycles. The molecule has 0 saturated carbocycles. The summed E-state index contributed by atoms with van der Waals surface area (Å²) in [7, 11) is 0. The number of benzene rings is 8. The van der Waals surface area contributed by atoms with Crippen LogP contribution in [-0.2, 0) is 26.5 Å². The third kappa shape index (κ3) is 8.71. The van der Waals surface area contributed by atoms with Gasteiger partial charge in [0.1, 0.15) is 11.6 Å². The number of phenols is 1. The molecule has 0 aliphatic heterocycles. The zero-order chi connectivity index (χ0) is 50.7. The summed E-state index contributed by atoms with van der Waals surface area (Å²) in [6.07, 6.45) is 1.74. The molecule has 4 nitrogen and oxygen atoms in total. The molecule has 0 saturated heterocycles. The molecule has 0 amide bonds. The number of para-hydroxylation sites is 1. The van der Waals surface area contributed by atoms with E-state index in [4.69, 9.17) is 14.1 Å². The first-order valence-corrected chi connectivity index (χ1v) is 22.2. The molecule has 2 heterocycles. The Bertz CT molecular complexity index is 3670. The Balaban J connectivity index is 0.00000656. The monoisotopic (exact) mass is 1060 g/mol. The van der Waals surface area contributed by atoms with Gasteiger partial charge in [-0.25, -0.2) is 4.98 Å². The second-order valence-electron chi connectivity index (χ2n) is 18.1. The van der Waals surface area contributed by atoms with Crippen LogP contribution in [0.5, 0.6) is 5.75 Å². The van der Waals surface area contributed by atoms with Gasteiger partial charge in [0.25, 0.3) is 0 Å². The summed E-state index contributed by atoms with van der Waals surface area (Å²) in [6, 6.07) is 60.6. The third-order valence-corrected chi connectivity index (χ3v) is 12.4. The molecule has 0 spiro atoms. The second-order valence-corrected chi connectivity index (χ2v) is 18.1. The van der Waals surface area contributed by atoms with E-state index >= 15 is 0 Å². The van der Waals surface area contributed by atoms with Crippen molar-refractivity contribution in [2.75, 3.05) is 0 Å². The van der Waals surface area contributed by atoms with Crippen LogP contribution in [0, 0.1) is 33.6 Å². The first kappa shape index (κ1) is 38.0. The molecular weight excluding hydrogens is 998 g/mol. The molecule has 2 aromatic heterocycles. The van der Waals surface area contributed by atoms with Crippen molar-refractivity contribution in [3.8, 4) is 89.7 Å². The van der Waals surface area contributed by atoms with Crippen LogP contribution in [0.3, 0.4) is 0 Å². The molecule has 0 aliphatic rings. The molecule has 67 heavy (non-hydrogen) atoms. The molecule has 0 bridgehead atoms. The van der Waals surface area contributed by atoms with Crippen molar-refractivity contribution in [1.82, 2.24) is 14.5 Å². The minimum atomic E-state index is -2.57. The van der Waals surface area contributed by atoms with Crippen LogP contribution in [0.15, 0.2) is 182 Å². The predicted octanol–water partition coefficient (Wildman–Crippen LogP) is 16.1. The Morgan fingerprint density at radius 3 is 1.97 bits per heavy atom. The van der Waals surface area contributed by atoms with E-state index in [0.29, 0.717) is 39.4 Å². The largest absolute Gasteiger partial charge is 0.507 e. The minimum absolute atomic E-state index is 0. The van der Waals surface area contributed by atoms with Crippen LogP contribution in [0.25, 0.3) is 95.0 Å². The van der Waals surface area contributed by atoms with Gasteiger partial charge in [-0.3, -0.25) is 9.55 Å². The van der Waals surface area contributed by atoms with Crippen LogP contribution in [0.4, 0.5) is 0 Å². The number of nitrogens with zero attached hydrogens (tertiary/aromatic N) is 3. The van der Waals surface area contributed by atoms with Gasteiger partial charge in [-0.05, 0) is 124 Å². The van der Waals surface area contributed by atoms with E-state index in [1.807, 2.05) is 128 Å². The maximum atomic E-state index is 11.9. The number of aryl methyl sites for hydroxylation is 4. The fraction of sp³-hybridized carbons (Fsp3) is 0.129. The number of rotatable bonds is 8. The molecule has 10 rings (SSSR count). The van der Waals surface area contributed by atoms with E-state index in [1.54, 1.807) is 18.3 Å². The van der Waals surface area contributed by atoms with Crippen molar-refractivity contribution in [3.05, 3.63) is 216 Å². The third-order valence-electron chi connectivity index (χ3n) is 12.4. The molecule has 0 fully saturated rings. The van der Waals surface area contributed by atoms with Crippen LogP contribution in [0.2, 0.25) is 0 Å². The average molecular weight is 1060 g/mol. The Kier molecular flexibility index (Phi) is 10.4. The van der Waals surface area contributed by atoms with Gasteiger partial charge in [0.05, 0.1) is 22.3 Å². The summed E-state index contributed by atoms with van der Waals surface area (Å²) in [5, 5.41) is 11.9. The minimum Gasteiger partial charge on any atom is -0.507 e. The van der Waals surface area contributed by atoms with Crippen molar-refractivity contribution in [3.63, 3.8) is 0 Å². The zero-order valence-electron chi connectivity index (χ0n) is 43.9. The molecule has 10 aromatic rings. The second kappa shape index (κ2) is 18.3. The van der Waals surface area contributed by atoms with Gasteiger partial charge in [0.15, 0.2) is 0 Å². The fourth-order valence-electron chi connectivity index (χ4n) is 9.18. The quantitative estimate of drug-likeness (QED) is 0.154. The summed E-state index contributed by atoms with van der Waals surface area (Å²) >= 11 is 0. The topological polar surface area (TPSA) is 50.9 Å². The number of hydrogen-bond donors (Lipinski definition) is 1. The number of phenolic OH excluding ortho intramolecular Hbond substituents is 1. The van der Waals surface area contributed by atoms with Crippen molar-refractivity contribution in [1.29, 1.82) is 0 Å². The summed E-state index contributed by atoms with van der Waals surface area (Å²) in [5.74, 6) is 0.440. The zero-order valence-corrected chi connectivity index (χ0v) is 40.2. The number of hydrogen-bond acceptors (Lipinski definition) is 3. The molecule has 1 N–H and O–H groups in total. The van der Waals surface area contributed by atoms with Gasteiger partial charge in [0.2, 0.25) is 0 Å². The van der Waals surface area contributed by atoms with E-state index in [1.165, 1.54) is 0 Å². The molecule has 8 aromatic carbocycles. The normalized spacial score (nSPS) is 13.1. The van der Waals surface area contributed by atoms with Gasteiger partial charge in [0, 0.05) is 41.2 Å². The summed E-state index contributed by atoms with van der Waals surface area (Å²) in [5.41, 5.74) is 15.2. The van der Waals surface area contributed by atoms with Gasteiger partial charge >= 0.3 is 0 Å². The van der Waals surface area contributed by atoms with Crippen molar-refractivity contribution in [2.45, 2.75) is 53.7 Å². The van der Waals surface area contributed by atoms with Gasteiger partial charge in [-0.2, -0.15) is 0 Å². The van der Waals surface area contributed by atoms with E-state index in [9.17, 15) is 9.22 Å². The van der Waals surface area contributed by atoms with E-state index < -0.39 is 13.7 Å². The first-order valence-electron chi connectivity index (χ1n) is 25.2. The summed E-state index contributed by atoms with van der Waals surface area (Å²) < 4.78 is 53.0. The predicted molar refractivity (Wildman–Crippen MR) is 275 cm³/mol. The Morgan fingerprint density at radius 2 is 1.24 bits per heavy atom. The average Bonchev–Trinajstić information content (AvgIpc) is 3.76. The number of pyridine rings is 1. The van der Waals surface area contributed by atoms with Crippen molar-refractivity contribution in [2.24, 2.45) is 0 Å². The summed E-state index contributed by atoms with van der Waals surface area (Å²) in [4.78, 5) is 10.2. The molecule has 0 atom stereocenters. The van der Waals surface area contributed by atoms with E-state index in [0.717, 1.165) is 72.3 Å². The van der Waals surface area contributed by atoms with Gasteiger partial charge in [-0.15, -0.1) is 23.8 Å². The molecule has 5 heteroatoms. The van der Waals surface area contributed by atoms with Crippen LogP contribution >= 0.6 is 0 Å². The Hall–Kier alpha value is -7.13. The van der Waals surface area contributed by atoms with Gasteiger partial charge in [-0.1, -0.05) is 176 Å². The molecule has 0 unspecified atom stereocenters. The number of fused-ring (bicyclic) bond motifs is 1. The first-order chi connectivity index (χ1) is 34.3. The van der Waals surface area contributed by atoms with E-state index in [-0.39, 0.29) is 43.4 Å². The Morgan fingerprint density at radius 1 is 0.552 bits per heavy atom.